The number of oxime groups is 1. The van der Waals surface area contributed by atoms with Crippen LogP contribution >= 0.6 is 0 Å². The van der Waals surface area contributed by atoms with Crippen LogP contribution in [0.1, 0.15) is 67.2 Å². The van der Waals surface area contributed by atoms with Crippen molar-refractivity contribution in [1.82, 2.24) is 0 Å². The van der Waals surface area contributed by atoms with Crippen LogP contribution in [-0.4, -0.2) is 17.5 Å². The topological polar surface area (TPSA) is 55.7 Å². The maximum absolute atomic E-state index is 12.3. The molecule has 0 heterocycles. The molecule has 0 amide bonds. The van der Waals surface area contributed by atoms with E-state index in [1.165, 1.54) is 0 Å². The van der Waals surface area contributed by atoms with Crippen LogP contribution in [0.5, 0.6) is 0 Å². The van der Waals surface area contributed by atoms with Gasteiger partial charge in [-0.2, -0.15) is 0 Å². The monoisotopic (exact) mass is 281 g/mol. The van der Waals surface area contributed by atoms with Crippen molar-refractivity contribution < 1.29 is 14.4 Å². The minimum atomic E-state index is -0.341. The fourth-order valence-corrected chi connectivity index (χ4v) is 3.43. The van der Waals surface area contributed by atoms with Gasteiger partial charge < -0.3 is 4.84 Å². The predicted octanol–water partition coefficient (Wildman–Crippen LogP) is 3.74. The highest BCUT2D eigenvalue weighted by molar-refractivity contribution is 6.45. The Hall–Kier alpha value is -1.19. The molecule has 4 heteroatoms. The largest absolute Gasteiger partial charge is 0.335 e. The molecule has 0 N–H and O–H groups in total. The van der Waals surface area contributed by atoms with Gasteiger partial charge >= 0.3 is 5.97 Å². The van der Waals surface area contributed by atoms with Gasteiger partial charge in [0.15, 0.2) is 5.78 Å². The van der Waals surface area contributed by atoms with Crippen molar-refractivity contribution >= 4 is 17.5 Å². The fraction of sp³-hybridized carbons (Fsp3) is 0.812. The second-order valence-corrected chi connectivity index (χ2v) is 6.52. The molecule has 2 unspecified atom stereocenters. The van der Waals surface area contributed by atoms with Gasteiger partial charge in [-0.1, -0.05) is 46.7 Å². The lowest BCUT2D eigenvalue weighted by molar-refractivity contribution is -0.143. The van der Waals surface area contributed by atoms with E-state index in [0.717, 1.165) is 25.7 Å². The third-order valence-electron chi connectivity index (χ3n) is 5.27. The van der Waals surface area contributed by atoms with Gasteiger partial charge in [-0.3, -0.25) is 4.79 Å². The van der Waals surface area contributed by atoms with E-state index >= 15 is 0 Å². The van der Waals surface area contributed by atoms with Crippen LogP contribution in [0.2, 0.25) is 0 Å². The summed E-state index contributed by atoms with van der Waals surface area (Å²) in [6.45, 7) is 8.31. The first-order chi connectivity index (χ1) is 8.84. The van der Waals surface area contributed by atoms with E-state index in [-0.39, 0.29) is 35.9 Å². The minimum Gasteiger partial charge on any atom is -0.318 e. The number of unbranched alkanes of at least 4 members (excludes halogenated alkanes) is 1. The Morgan fingerprint density at radius 2 is 2.05 bits per heavy atom. The third-order valence-corrected chi connectivity index (χ3v) is 5.27. The molecule has 2 atom stereocenters. The average Bonchev–Trinajstić information content (AvgIpc) is 2.65. The Bertz CT molecular complexity index is 439. The summed E-state index contributed by atoms with van der Waals surface area (Å²) in [7, 11) is 0. The summed E-state index contributed by atoms with van der Waals surface area (Å²) in [5.41, 5.74) is 0.136. The Kier molecular flexibility index (Phi) is 4.78. The zero-order valence-electron chi connectivity index (χ0n) is 12.3. The summed E-state index contributed by atoms with van der Waals surface area (Å²) in [6, 6.07) is 0. The molecule has 20 heavy (non-hydrogen) atoms. The van der Waals surface area contributed by atoms with Gasteiger partial charge in [-0.25, -0.2) is 4.79 Å². The summed E-state index contributed by atoms with van der Waals surface area (Å²) in [5, 5.41) is 3.92. The number of carbonyl (C=O) groups excluding carboxylic acids is 2. The second kappa shape index (κ2) is 5.66. The van der Waals surface area contributed by atoms with E-state index in [1.54, 1.807) is 0 Å². The first-order valence-corrected chi connectivity index (χ1v) is 7.17. The van der Waals surface area contributed by atoms with Gasteiger partial charge in [0.05, 0.1) is 0 Å². The maximum Gasteiger partial charge on any atom is 0.335 e. The highest BCUT2D eigenvalue weighted by Crippen LogP contribution is 2.62. The van der Waals surface area contributed by atoms with Gasteiger partial charge in [-0.05, 0) is 24.7 Å². The molecule has 0 spiro atoms. The lowest BCUT2D eigenvalue weighted by Crippen LogP contribution is -2.34. The number of carbonyl (C=O) groups is 2. The molecule has 2 fully saturated rings. The van der Waals surface area contributed by atoms with Gasteiger partial charge in [0.25, 0.3) is 0 Å². The molecule has 2 rings (SSSR count). The van der Waals surface area contributed by atoms with Crippen LogP contribution < -0.4 is 0 Å². The van der Waals surface area contributed by atoms with Crippen LogP contribution in [0.15, 0.2) is 5.16 Å². The maximum atomic E-state index is 12.3. The van der Waals surface area contributed by atoms with Crippen molar-refractivity contribution in [1.29, 1.82) is 0 Å². The van der Waals surface area contributed by atoms with Crippen LogP contribution in [0.25, 0.3) is 0 Å². The SMILES string of the molecule is C.CCCCC(=O)O/N=C1/C(=O)C2CCC1(C)C2(C)C. The lowest BCUT2D eigenvalue weighted by Gasteiger charge is -2.32. The zero-order valence-corrected chi connectivity index (χ0v) is 12.3. The highest BCUT2D eigenvalue weighted by atomic mass is 16.7. The molecule has 2 aliphatic rings. The van der Waals surface area contributed by atoms with Crippen LogP contribution in [-0.2, 0) is 14.4 Å². The molecule has 2 saturated carbocycles. The lowest BCUT2D eigenvalue weighted by atomic mass is 9.70. The summed E-state index contributed by atoms with van der Waals surface area (Å²) < 4.78 is 0. The number of rotatable bonds is 4. The molecule has 2 bridgehead atoms. The Morgan fingerprint density at radius 3 is 2.55 bits per heavy atom. The standard InChI is InChI=1S/C15H23NO3.CH4/c1-5-6-7-11(17)19-16-13-12(18)10-8-9-15(13,4)14(10,2)3;/h10H,5-9H2,1-4H3;1H4/b16-13-;. The first-order valence-electron chi connectivity index (χ1n) is 7.17. The molecule has 0 aromatic carbocycles. The molecule has 4 nitrogen and oxygen atoms in total. The number of nitrogens with zero attached hydrogens (tertiary/aromatic N) is 1. The van der Waals surface area contributed by atoms with Crippen molar-refractivity contribution in [2.45, 2.75) is 67.2 Å². The quantitative estimate of drug-likeness (QED) is 0.582. The number of ketones is 1. The van der Waals surface area contributed by atoms with Crippen molar-refractivity contribution in [3.63, 3.8) is 0 Å². The highest BCUT2D eigenvalue weighted by Gasteiger charge is 2.65. The molecule has 0 aromatic heterocycles. The summed E-state index contributed by atoms with van der Waals surface area (Å²) in [5.74, 6) is -0.237. The Labute approximate surface area is 121 Å². The number of fused-ring (bicyclic) bond motifs is 2. The van der Waals surface area contributed by atoms with Crippen molar-refractivity contribution in [3.05, 3.63) is 0 Å². The number of Topliss-reactive ketones (excluding diaryl/α,β-unsaturated/α-hetero) is 1. The Morgan fingerprint density at radius 1 is 1.40 bits per heavy atom. The fourth-order valence-electron chi connectivity index (χ4n) is 3.43. The molecule has 2 aliphatic carbocycles. The molecule has 0 radical (unpaired) electrons. The normalized spacial score (nSPS) is 32.3. The Balaban J connectivity index is 0.00000200. The van der Waals surface area contributed by atoms with E-state index in [1.807, 2.05) is 6.92 Å². The minimum absolute atomic E-state index is 0. The van der Waals surface area contributed by atoms with Crippen LogP contribution in [0, 0.1) is 16.7 Å². The van der Waals surface area contributed by atoms with Gasteiger partial charge in [0, 0.05) is 17.8 Å². The third kappa shape index (κ3) is 2.29. The smallest absolute Gasteiger partial charge is 0.318 e. The summed E-state index contributed by atoms with van der Waals surface area (Å²) in [4.78, 5) is 28.7. The predicted molar refractivity (Wildman–Crippen MR) is 79.4 cm³/mol. The molecular weight excluding hydrogens is 254 g/mol. The van der Waals surface area contributed by atoms with E-state index < -0.39 is 0 Å². The average molecular weight is 281 g/mol. The first kappa shape index (κ1) is 16.9. The molecule has 114 valence electrons. The van der Waals surface area contributed by atoms with E-state index in [2.05, 4.69) is 25.9 Å². The van der Waals surface area contributed by atoms with Crippen molar-refractivity contribution in [3.8, 4) is 0 Å². The van der Waals surface area contributed by atoms with E-state index in [0.29, 0.717) is 12.1 Å². The van der Waals surface area contributed by atoms with Gasteiger partial charge in [0.2, 0.25) is 0 Å². The second-order valence-electron chi connectivity index (χ2n) is 6.52. The molecule has 0 saturated heterocycles. The van der Waals surface area contributed by atoms with Crippen LogP contribution in [0.3, 0.4) is 0 Å². The van der Waals surface area contributed by atoms with E-state index in [4.69, 9.17) is 4.84 Å². The van der Waals surface area contributed by atoms with Crippen molar-refractivity contribution in [2.24, 2.45) is 21.9 Å². The van der Waals surface area contributed by atoms with Crippen molar-refractivity contribution in [2.75, 3.05) is 0 Å². The number of hydrogen-bond donors (Lipinski definition) is 0. The number of hydrogen-bond acceptors (Lipinski definition) is 4. The van der Waals surface area contributed by atoms with Gasteiger partial charge in [0.1, 0.15) is 5.71 Å². The molecule has 0 aromatic rings. The van der Waals surface area contributed by atoms with Crippen LogP contribution in [0.4, 0.5) is 0 Å². The molecular formula is C16H27NO3. The summed E-state index contributed by atoms with van der Waals surface area (Å²) >= 11 is 0. The molecule has 0 aliphatic heterocycles. The van der Waals surface area contributed by atoms with E-state index in [9.17, 15) is 9.59 Å². The van der Waals surface area contributed by atoms with Gasteiger partial charge in [-0.15, -0.1) is 0 Å². The zero-order chi connectivity index (χ0) is 14.3. The summed E-state index contributed by atoms with van der Waals surface area (Å²) in [6.07, 6.45) is 3.97.